The largest absolute Gasteiger partial charge is 0.366 e. The van der Waals surface area contributed by atoms with Gasteiger partial charge in [0.25, 0.3) is 0 Å². The van der Waals surface area contributed by atoms with Crippen LogP contribution in [0.3, 0.4) is 0 Å². The minimum atomic E-state index is -0.448. The van der Waals surface area contributed by atoms with E-state index >= 15 is 0 Å². The molecule has 0 aliphatic carbocycles. The van der Waals surface area contributed by atoms with Gasteiger partial charge in [0.05, 0.1) is 11.4 Å². The van der Waals surface area contributed by atoms with Crippen LogP contribution in [-0.2, 0) is 0 Å². The molecule has 0 aliphatic heterocycles. The highest BCUT2D eigenvalue weighted by atomic mass is 16.1. The Labute approximate surface area is 122 Å². The van der Waals surface area contributed by atoms with Crippen LogP contribution in [0.25, 0.3) is 16.9 Å². The number of para-hydroxylation sites is 1. The molecule has 0 spiro atoms. The summed E-state index contributed by atoms with van der Waals surface area (Å²) < 4.78 is 1.81. The third-order valence-corrected chi connectivity index (χ3v) is 3.42. The van der Waals surface area contributed by atoms with Crippen molar-refractivity contribution in [1.29, 1.82) is 0 Å². The molecule has 4 heteroatoms. The van der Waals surface area contributed by atoms with E-state index < -0.39 is 5.91 Å². The van der Waals surface area contributed by atoms with E-state index in [1.807, 2.05) is 60.3 Å². The van der Waals surface area contributed by atoms with Gasteiger partial charge in [-0.25, -0.2) is 4.68 Å². The molecule has 0 saturated carbocycles. The minimum absolute atomic E-state index is 0.448. The van der Waals surface area contributed by atoms with Gasteiger partial charge in [0.1, 0.15) is 0 Å². The van der Waals surface area contributed by atoms with Crippen molar-refractivity contribution in [3.63, 3.8) is 0 Å². The Morgan fingerprint density at radius 1 is 1.05 bits per heavy atom. The van der Waals surface area contributed by atoms with Crippen LogP contribution in [0, 0.1) is 6.92 Å². The lowest BCUT2D eigenvalue weighted by atomic mass is 10.0. The Kier molecular flexibility index (Phi) is 3.28. The Balaban J connectivity index is 2.08. The lowest BCUT2D eigenvalue weighted by molar-refractivity contribution is 0.100. The zero-order valence-corrected chi connectivity index (χ0v) is 11.7. The van der Waals surface area contributed by atoms with Crippen molar-refractivity contribution in [3.8, 4) is 16.9 Å². The summed E-state index contributed by atoms with van der Waals surface area (Å²) in [6.07, 6.45) is 1.88. The summed E-state index contributed by atoms with van der Waals surface area (Å²) in [5.41, 5.74) is 9.53. The molecule has 0 aliphatic rings. The van der Waals surface area contributed by atoms with Crippen LogP contribution in [0.1, 0.15) is 15.9 Å². The maximum Gasteiger partial charge on any atom is 0.249 e. The Morgan fingerprint density at radius 2 is 1.76 bits per heavy atom. The fourth-order valence-electron chi connectivity index (χ4n) is 2.34. The van der Waals surface area contributed by atoms with Crippen molar-refractivity contribution < 1.29 is 4.79 Å². The van der Waals surface area contributed by atoms with Crippen molar-refractivity contribution >= 4 is 5.91 Å². The summed E-state index contributed by atoms with van der Waals surface area (Å²) in [5, 5.41) is 4.56. The van der Waals surface area contributed by atoms with Gasteiger partial charge in [-0.2, -0.15) is 5.10 Å². The van der Waals surface area contributed by atoms with Crippen LogP contribution < -0.4 is 5.73 Å². The van der Waals surface area contributed by atoms with Gasteiger partial charge in [-0.1, -0.05) is 36.4 Å². The molecule has 21 heavy (non-hydrogen) atoms. The van der Waals surface area contributed by atoms with Crippen molar-refractivity contribution in [2.24, 2.45) is 5.73 Å². The molecule has 104 valence electrons. The van der Waals surface area contributed by atoms with Gasteiger partial charge in [0, 0.05) is 17.3 Å². The first-order valence-corrected chi connectivity index (χ1v) is 6.67. The summed E-state index contributed by atoms with van der Waals surface area (Å²) in [6, 6.07) is 17.1. The third-order valence-electron chi connectivity index (χ3n) is 3.42. The van der Waals surface area contributed by atoms with Crippen LogP contribution in [0.5, 0.6) is 0 Å². The number of hydrogen-bond donors (Lipinski definition) is 1. The molecule has 1 amide bonds. The first-order valence-electron chi connectivity index (χ1n) is 6.67. The number of nitrogens with two attached hydrogens (primary N) is 1. The number of carbonyl (C=O) groups is 1. The van der Waals surface area contributed by atoms with Crippen LogP contribution in [-0.4, -0.2) is 15.7 Å². The van der Waals surface area contributed by atoms with Gasteiger partial charge < -0.3 is 5.73 Å². The SMILES string of the molecule is Cc1ccccc1-n1ccc(-c2ccccc2C(N)=O)n1. The van der Waals surface area contributed by atoms with Crippen LogP contribution >= 0.6 is 0 Å². The number of carbonyl (C=O) groups excluding carboxylic acids is 1. The fraction of sp³-hybridized carbons (Fsp3) is 0.0588. The van der Waals surface area contributed by atoms with Gasteiger partial charge in [0.2, 0.25) is 5.91 Å². The fourth-order valence-corrected chi connectivity index (χ4v) is 2.34. The zero-order chi connectivity index (χ0) is 14.8. The lowest BCUT2D eigenvalue weighted by Crippen LogP contribution is -2.12. The van der Waals surface area contributed by atoms with Gasteiger partial charge in [-0.15, -0.1) is 0 Å². The first kappa shape index (κ1) is 13.1. The predicted molar refractivity (Wildman–Crippen MR) is 82.3 cm³/mol. The molecule has 1 aromatic heterocycles. The average molecular weight is 277 g/mol. The van der Waals surface area contributed by atoms with Crippen LogP contribution in [0.2, 0.25) is 0 Å². The van der Waals surface area contributed by atoms with Gasteiger partial charge in [-0.3, -0.25) is 4.79 Å². The molecule has 0 atom stereocenters. The Hall–Kier alpha value is -2.88. The van der Waals surface area contributed by atoms with E-state index in [0.29, 0.717) is 5.56 Å². The quantitative estimate of drug-likeness (QED) is 0.800. The molecule has 1 heterocycles. The number of aromatic nitrogens is 2. The number of benzene rings is 2. The van der Waals surface area contributed by atoms with E-state index in [0.717, 1.165) is 22.5 Å². The number of hydrogen-bond acceptors (Lipinski definition) is 2. The minimum Gasteiger partial charge on any atom is -0.366 e. The monoisotopic (exact) mass is 277 g/mol. The van der Waals surface area contributed by atoms with E-state index in [9.17, 15) is 4.79 Å². The summed E-state index contributed by atoms with van der Waals surface area (Å²) >= 11 is 0. The molecule has 0 unspecified atom stereocenters. The van der Waals surface area contributed by atoms with E-state index in [1.54, 1.807) is 12.1 Å². The molecule has 4 nitrogen and oxygen atoms in total. The first-order chi connectivity index (χ1) is 10.2. The standard InChI is InChI=1S/C17H15N3O/c1-12-6-2-5-9-16(12)20-11-10-15(19-20)13-7-3-4-8-14(13)17(18)21/h2-11H,1H3,(H2,18,21). The molecule has 2 N–H and O–H groups in total. The summed E-state index contributed by atoms with van der Waals surface area (Å²) in [6.45, 7) is 2.04. The normalized spacial score (nSPS) is 10.5. The maximum atomic E-state index is 11.5. The van der Waals surface area contributed by atoms with Crippen LogP contribution in [0.4, 0.5) is 0 Å². The second-order valence-electron chi connectivity index (χ2n) is 4.84. The van der Waals surface area contributed by atoms with Gasteiger partial charge in [0.15, 0.2) is 0 Å². The number of nitrogens with zero attached hydrogens (tertiary/aromatic N) is 2. The van der Waals surface area contributed by atoms with Crippen molar-refractivity contribution in [1.82, 2.24) is 9.78 Å². The Bertz CT molecular complexity index is 805. The maximum absolute atomic E-state index is 11.5. The number of aryl methyl sites for hydroxylation is 1. The zero-order valence-electron chi connectivity index (χ0n) is 11.7. The van der Waals surface area contributed by atoms with Gasteiger partial charge >= 0.3 is 0 Å². The third kappa shape index (κ3) is 2.43. The molecule has 0 bridgehead atoms. The molecule has 0 fully saturated rings. The summed E-state index contributed by atoms with van der Waals surface area (Å²) in [5.74, 6) is -0.448. The highest BCUT2D eigenvalue weighted by Crippen LogP contribution is 2.23. The van der Waals surface area contributed by atoms with E-state index in [-0.39, 0.29) is 0 Å². The van der Waals surface area contributed by atoms with E-state index in [4.69, 9.17) is 5.73 Å². The van der Waals surface area contributed by atoms with Crippen LogP contribution in [0.15, 0.2) is 60.8 Å². The average Bonchev–Trinajstić information content (AvgIpc) is 2.97. The topological polar surface area (TPSA) is 60.9 Å². The molecule has 0 radical (unpaired) electrons. The Morgan fingerprint density at radius 3 is 2.52 bits per heavy atom. The number of primary amides is 1. The van der Waals surface area contributed by atoms with Crippen molar-refractivity contribution in [2.75, 3.05) is 0 Å². The second-order valence-corrected chi connectivity index (χ2v) is 4.84. The predicted octanol–water partition coefficient (Wildman–Crippen LogP) is 2.95. The van der Waals surface area contributed by atoms with Gasteiger partial charge in [-0.05, 0) is 30.7 Å². The molecule has 3 rings (SSSR count). The molecule has 0 saturated heterocycles. The van der Waals surface area contributed by atoms with E-state index in [2.05, 4.69) is 5.10 Å². The second kappa shape index (κ2) is 5.25. The number of rotatable bonds is 3. The highest BCUT2D eigenvalue weighted by Gasteiger charge is 2.12. The highest BCUT2D eigenvalue weighted by molar-refractivity contribution is 5.99. The summed E-state index contributed by atoms with van der Waals surface area (Å²) in [7, 11) is 0. The molecular formula is C17H15N3O. The van der Waals surface area contributed by atoms with Crippen molar-refractivity contribution in [2.45, 2.75) is 6.92 Å². The smallest absolute Gasteiger partial charge is 0.249 e. The lowest BCUT2D eigenvalue weighted by Gasteiger charge is -2.06. The molecule has 3 aromatic rings. The summed E-state index contributed by atoms with van der Waals surface area (Å²) in [4.78, 5) is 11.5. The molecule has 2 aromatic carbocycles. The van der Waals surface area contributed by atoms with Crippen molar-refractivity contribution in [3.05, 3.63) is 71.9 Å². The number of amides is 1. The molecular weight excluding hydrogens is 262 g/mol. The van der Waals surface area contributed by atoms with E-state index in [1.165, 1.54) is 0 Å².